The minimum Gasteiger partial charge on any atom is -0.396 e. The van der Waals surface area contributed by atoms with Crippen LogP contribution in [0.25, 0.3) is 11.3 Å². The van der Waals surface area contributed by atoms with Crippen LogP contribution >= 0.6 is 0 Å². The van der Waals surface area contributed by atoms with Gasteiger partial charge in [0.05, 0.1) is 17.5 Å². The van der Waals surface area contributed by atoms with Gasteiger partial charge in [-0.15, -0.1) is 0 Å². The maximum absolute atomic E-state index is 12.4. The van der Waals surface area contributed by atoms with E-state index >= 15 is 0 Å². The topological polar surface area (TPSA) is 78.0 Å². The molecule has 0 fully saturated rings. The van der Waals surface area contributed by atoms with E-state index in [1.165, 1.54) is 6.20 Å². The van der Waals surface area contributed by atoms with Crippen molar-refractivity contribution in [3.8, 4) is 11.3 Å². The third kappa shape index (κ3) is 3.70. The maximum atomic E-state index is 12.4. The molecule has 2 rings (SSSR count). The molecule has 21 heavy (non-hydrogen) atoms. The number of carbonyl (C=O) groups excluding carboxylic acids is 1. The number of amides is 1. The number of hydrogen-bond acceptors (Lipinski definition) is 3. The summed E-state index contributed by atoms with van der Waals surface area (Å²) in [5.74, 6) is 0.0860. The van der Waals surface area contributed by atoms with Crippen molar-refractivity contribution in [1.82, 2.24) is 15.5 Å². The monoisotopic (exact) mass is 287 g/mol. The van der Waals surface area contributed by atoms with Crippen LogP contribution in [0, 0.1) is 5.92 Å². The molecule has 0 bridgehead atoms. The van der Waals surface area contributed by atoms with Crippen LogP contribution in [0.1, 0.15) is 30.6 Å². The van der Waals surface area contributed by atoms with Gasteiger partial charge in [0, 0.05) is 18.2 Å². The first-order valence-corrected chi connectivity index (χ1v) is 7.14. The number of hydrogen-bond donors (Lipinski definition) is 3. The number of aromatic amines is 1. The summed E-state index contributed by atoms with van der Waals surface area (Å²) in [6.07, 6.45) is 2.08. The molecule has 0 aliphatic rings. The van der Waals surface area contributed by atoms with E-state index in [2.05, 4.69) is 15.5 Å². The van der Waals surface area contributed by atoms with Crippen LogP contribution in [0.3, 0.4) is 0 Å². The molecule has 1 aromatic heterocycles. The molecule has 0 saturated heterocycles. The largest absolute Gasteiger partial charge is 0.396 e. The Hall–Kier alpha value is -2.14. The number of H-pyrrole nitrogens is 1. The second kappa shape index (κ2) is 7.04. The van der Waals surface area contributed by atoms with Crippen LogP contribution in [0.5, 0.6) is 0 Å². The molecule has 0 spiro atoms. The number of aliphatic hydroxyl groups is 1. The lowest BCUT2D eigenvalue weighted by Crippen LogP contribution is -2.39. The van der Waals surface area contributed by atoms with Gasteiger partial charge in [0.2, 0.25) is 0 Å². The van der Waals surface area contributed by atoms with Gasteiger partial charge >= 0.3 is 0 Å². The Morgan fingerprint density at radius 3 is 2.67 bits per heavy atom. The molecule has 0 aliphatic carbocycles. The van der Waals surface area contributed by atoms with E-state index in [1.807, 2.05) is 44.2 Å². The Morgan fingerprint density at radius 2 is 2.05 bits per heavy atom. The highest BCUT2D eigenvalue weighted by molar-refractivity contribution is 5.99. The summed E-state index contributed by atoms with van der Waals surface area (Å²) >= 11 is 0. The molecule has 0 aliphatic heterocycles. The van der Waals surface area contributed by atoms with E-state index in [4.69, 9.17) is 5.11 Å². The van der Waals surface area contributed by atoms with Gasteiger partial charge in [0.25, 0.3) is 5.91 Å². The molecule has 1 atom stereocenters. The molecule has 1 heterocycles. The Balaban J connectivity index is 2.19. The molecule has 0 radical (unpaired) electrons. The summed E-state index contributed by atoms with van der Waals surface area (Å²) in [7, 11) is 0. The van der Waals surface area contributed by atoms with Crippen molar-refractivity contribution < 1.29 is 9.90 Å². The van der Waals surface area contributed by atoms with Gasteiger partial charge in [-0.1, -0.05) is 44.2 Å². The van der Waals surface area contributed by atoms with Crippen molar-refractivity contribution >= 4 is 5.91 Å². The highest BCUT2D eigenvalue weighted by atomic mass is 16.3. The summed E-state index contributed by atoms with van der Waals surface area (Å²) in [6, 6.07) is 9.56. The van der Waals surface area contributed by atoms with Crippen LogP contribution in [-0.2, 0) is 0 Å². The molecule has 3 N–H and O–H groups in total. The van der Waals surface area contributed by atoms with E-state index in [9.17, 15) is 4.79 Å². The molecule has 0 saturated carbocycles. The first-order chi connectivity index (χ1) is 10.1. The van der Waals surface area contributed by atoms with Gasteiger partial charge in [-0.3, -0.25) is 9.89 Å². The second-order valence-electron chi connectivity index (χ2n) is 5.36. The number of rotatable bonds is 6. The highest BCUT2D eigenvalue weighted by Crippen LogP contribution is 2.21. The number of nitrogens with zero attached hydrogens (tertiary/aromatic N) is 1. The molecular weight excluding hydrogens is 266 g/mol. The average molecular weight is 287 g/mol. The zero-order chi connectivity index (χ0) is 15.2. The zero-order valence-corrected chi connectivity index (χ0v) is 12.3. The molecule has 112 valence electrons. The minimum atomic E-state index is -0.172. The van der Waals surface area contributed by atoms with E-state index < -0.39 is 0 Å². The molecule has 1 amide bonds. The lowest BCUT2D eigenvalue weighted by molar-refractivity contribution is 0.0917. The van der Waals surface area contributed by atoms with Gasteiger partial charge in [0.1, 0.15) is 0 Å². The Kier molecular flexibility index (Phi) is 5.11. The minimum absolute atomic E-state index is 0.0546. The Morgan fingerprint density at radius 1 is 1.33 bits per heavy atom. The van der Waals surface area contributed by atoms with Crippen molar-refractivity contribution in [3.05, 3.63) is 42.1 Å². The quantitative estimate of drug-likeness (QED) is 0.762. The van der Waals surface area contributed by atoms with E-state index in [0.29, 0.717) is 17.7 Å². The fourth-order valence-corrected chi connectivity index (χ4v) is 2.24. The number of benzene rings is 1. The molecule has 5 nitrogen and oxygen atoms in total. The standard InChI is InChI=1S/C16H21N3O2/c1-11(2)14(8-9-20)18-16(21)13-10-17-19-15(13)12-6-4-3-5-7-12/h3-7,10-11,14,20H,8-9H2,1-2H3,(H,17,19)(H,18,21). The number of aromatic nitrogens is 2. The Labute approximate surface area is 124 Å². The van der Waals surface area contributed by atoms with Gasteiger partial charge in [-0.05, 0) is 12.3 Å². The smallest absolute Gasteiger partial charge is 0.255 e. The molecule has 1 unspecified atom stereocenters. The molecule has 1 aromatic carbocycles. The van der Waals surface area contributed by atoms with Crippen molar-refractivity contribution in [2.45, 2.75) is 26.3 Å². The van der Waals surface area contributed by atoms with Crippen molar-refractivity contribution in [3.63, 3.8) is 0 Å². The number of aliphatic hydroxyl groups excluding tert-OH is 1. The molecular formula is C16H21N3O2. The van der Waals surface area contributed by atoms with E-state index in [-0.39, 0.29) is 24.5 Å². The number of carbonyl (C=O) groups is 1. The average Bonchev–Trinajstić information content (AvgIpc) is 2.97. The van der Waals surface area contributed by atoms with Crippen molar-refractivity contribution in [2.24, 2.45) is 5.92 Å². The van der Waals surface area contributed by atoms with Gasteiger partial charge in [-0.2, -0.15) is 5.10 Å². The summed E-state index contributed by atoms with van der Waals surface area (Å²) in [6.45, 7) is 4.10. The third-order valence-electron chi connectivity index (χ3n) is 3.51. The first kappa shape index (κ1) is 15.3. The van der Waals surface area contributed by atoms with Crippen LogP contribution in [-0.4, -0.2) is 33.9 Å². The molecule has 5 heteroatoms. The van der Waals surface area contributed by atoms with Crippen LogP contribution in [0.4, 0.5) is 0 Å². The Bertz CT molecular complexity index is 578. The summed E-state index contributed by atoms with van der Waals surface area (Å²) in [5, 5.41) is 18.9. The summed E-state index contributed by atoms with van der Waals surface area (Å²) in [5.41, 5.74) is 2.15. The maximum Gasteiger partial charge on any atom is 0.255 e. The van der Waals surface area contributed by atoms with E-state index in [1.54, 1.807) is 0 Å². The van der Waals surface area contributed by atoms with Gasteiger partial charge in [0.15, 0.2) is 0 Å². The summed E-state index contributed by atoms with van der Waals surface area (Å²) < 4.78 is 0. The number of nitrogens with one attached hydrogen (secondary N) is 2. The highest BCUT2D eigenvalue weighted by Gasteiger charge is 2.20. The van der Waals surface area contributed by atoms with Crippen molar-refractivity contribution in [1.29, 1.82) is 0 Å². The normalized spacial score (nSPS) is 12.4. The third-order valence-corrected chi connectivity index (χ3v) is 3.51. The SMILES string of the molecule is CC(C)C(CCO)NC(=O)c1cn[nH]c1-c1ccccc1. The lowest BCUT2D eigenvalue weighted by atomic mass is 10.0. The van der Waals surface area contributed by atoms with Crippen molar-refractivity contribution in [2.75, 3.05) is 6.61 Å². The van der Waals surface area contributed by atoms with Crippen LogP contribution in [0.15, 0.2) is 36.5 Å². The van der Waals surface area contributed by atoms with Crippen LogP contribution in [0.2, 0.25) is 0 Å². The predicted octanol–water partition coefficient (Wildman–Crippen LogP) is 2.21. The lowest BCUT2D eigenvalue weighted by Gasteiger charge is -2.21. The predicted molar refractivity (Wildman–Crippen MR) is 81.8 cm³/mol. The molecule has 2 aromatic rings. The van der Waals surface area contributed by atoms with Crippen LogP contribution < -0.4 is 5.32 Å². The second-order valence-corrected chi connectivity index (χ2v) is 5.36. The first-order valence-electron chi connectivity index (χ1n) is 7.14. The van der Waals surface area contributed by atoms with Gasteiger partial charge in [-0.25, -0.2) is 0 Å². The summed E-state index contributed by atoms with van der Waals surface area (Å²) in [4.78, 5) is 12.4. The van der Waals surface area contributed by atoms with Gasteiger partial charge < -0.3 is 10.4 Å². The fraction of sp³-hybridized carbons (Fsp3) is 0.375. The zero-order valence-electron chi connectivity index (χ0n) is 12.3. The fourth-order valence-electron chi connectivity index (χ4n) is 2.24. The van der Waals surface area contributed by atoms with E-state index in [0.717, 1.165) is 5.56 Å².